The Morgan fingerprint density at radius 2 is 2.00 bits per heavy atom. The van der Waals surface area contributed by atoms with E-state index in [4.69, 9.17) is 5.84 Å². The van der Waals surface area contributed by atoms with Crippen molar-refractivity contribution in [3.8, 4) is 0 Å². The third-order valence-electron chi connectivity index (χ3n) is 3.46. The number of hydrogen-bond donors (Lipinski definition) is 2. The van der Waals surface area contributed by atoms with E-state index < -0.39 is 0 Å². The van der Waals surface area contributed by atoms with Crippen LogP contribution in [0.2, 0.25) is 0 Å². The van der Waals surface area contributed by atoms with Gasteiger partial charge in [0.25, 0.3) is 0 Å². The highest BCUT2D eigenvalue weighted by atomic mass is 15.2. The Hall–Kier alpha value is -1.71. The average Bonchev–Trinajstić information content (AvgIpc) is 2.41. The maximum atomic E-state index is 5.68. The fourth-order valence-corrected chi connectivity index (χ4v) is 2.31. The van der Waals surface area contributed by atoms with Crippen molar-refractivity contribution in [2.75, 3.05) is 0 Å². The molecule has 0 aliphatic carbocycles. The molecule has 1 atom stereocenters. The molecule has 0 saturated carbocycles. The van der Waals surface area contributed by atoms with Crippen molar-refractivity contribution in [1.82, 2.24) is 10.4 Å². The Morgan fingerprint density at radius 3 is 2.68 bits per heavy atom. The molecule has 0 bridgehead atoms. The van der Waals surface area contributed by atoms with Gasteiger partial charge in [-0.2, -0.15) is 0 Å². The molecule has 0 aliphatic rings. The number of pyridine rings is 1. The molecule has 0 amide bonds. The second-order valence-electron chi connectivity index (χ2n) is 4.98. The quantitative estimate of drug-likeness (QED) is 0.638. The molecular formula is C16H21N3. The van der Waals surface area contributed by atoms with E-state index in [2.05, 4.69) is 47.7 Å². The molecule has 1 aromatic heterocycles. The molecule has 3 N–H and O–H groups in total. The van der Waals surface area contributed by atoms with Crippen molar-refractivity contribution in [2.45, 2.75) is 32.7 Å². The largest absolute Gasteiger partial charge is 0.271 e. The van der Waals surface area contributed by atoms with E-state index in [1.807, 2.05) is 19.3 Å². The summed E-state index contributed by atoms with van der Waals surface area (Å²) in [5.41, 5.74) is 7.92. The van der Waals surface area contributed by atoms with Crippen LogP contribution in [0.4, 0.5) is 0 Å². The van der Waals surface area contributed by atoms with Crippen LogP contribution in [-0.2, 0) is 6.42 Å². The van der Waals surface area contributed by atoms with Gasteiger partial charge in [-0.3, -0.25) is 16.3 Å². The van der Waals surface area contributed by atoms with Crippen molar-refractivity contribution in [1.29, 1.82) is 0 Å². The van der Waals surface area contributed by atoms with Gasteiger partial charge in [-0.05, 0) is 48.9 Å². The maximum absolute atomic E-state index is 5.68. The van der Waals surface area contributed by atoms with Gasteiger partial charge in [0.05, 0.1) is 0 Å². The molecule has 1 unspecified atom stereocenters. The van der Waals surface area contributed by atoms with Gasteiger partial charge in [-0.15, -0.1) is 0 Å². The van der Waals surface area contributed by atoms with Crippen LogP contribution in [0.5, 0.6) is 0 Å². The van der Waals surface area contributed by atoms with Crippen LogP contribution in [-0.4, -0.2) is 4.98 Å². The molecule has 1 aromatic carbocycles. The van der Waals surface area contributed by atoms with Crippen LogP contribution in [0, 0.1) is 13.8 Å². The molecule has 0 aliphatic heterocycles. The monoisotopic (exact) mass is 255 g/mol. The first-order valence-electron chi connectivity index (χ1n) is 6.63. The predicted molar refractivity (Wildman–Crippen MR) is 78.5 cm³/mol. The van der Waals surface area contributed by atoms with E-state index >= 15 is 0 Å². The van der Waals surface area contributed by atoms with Gasteiger partial charge >= 0.3 is 0 Å². The van der Waals surface area contributed by atoms with Crippen molar-refractivity contribution >= 4 is 0 Å². The van der Waals surface area contributed by atoms with Crippen LogP contribution in [0.3, 0.4) is 0 Å². The van der Waals surface area contributed by atoms with Gasteiger partial charge < -0.3 is 0 Å². The zero-order valence-corrected chi connectivity index (χ0v) is 11.6. The van der Waals surface area contributed by atoms with Crippen molar-refractivity contribution in [2.24, 2.45) is 5.84 Å². The Bertz CT molecular complexity index is 537. The number of nitrogens with two attached hydrogens (primary N) is 1. The van der Waals surface area contributed by atoms with E-state index in [9.17, 15) is 0 Å². The highest BCUT2D eigenvalue weighted by Gasteiger charge is 2.10. The fraction of sp³-hybridized carbons (Fsp3) is 0.312. The number of benzene rings is 1. The molecule has 1 heterocycles. The summed E-state index contributed by atoms with van der Waals surface area (Å²) >= 11 is 0. The van der Waals surface area contributed by atoms with Gasteiger partial charge in [0, 0.05) is 18.4 Å². The van der Waals surface area contributed by atoms with Crippen molar-refractivity contribution in [3.05, 3.63) is 65.0 Å². The van der Waals surface area contributed by atoms with Crippen LogP contribution < -0.4 is 11.3 Å². The number of aromatic nitrogens is 1. The van der Waals surface area contributed by atoms with Crippen LogP contribution in [0.1, 0.15) is 34.7 Å². The molecule has 0 saturated heterocycles. The molecule has 2 rings (SSSR count). The first-order valence-corrected chi connectivity index (χ1v) is 6.63. The fourth-order valence-electron chi connectivity index (χ4n) is 2.31. The van der Waals surface area contributed by atoms with Gasteiger partial charge in [-0.25, -0.2) is 0 Å². The first kappa shape index (κ1) is 13.7. The van der Waals surface area contributed by atoms with Gasteiger partial charge in [0.1, 0.15) is 0 Å². The van der Waals surface area contributed by atoms with Crippen molar-refractivity contribution < 1.29 is 0 Å². The Balaban J connectivity index is 2.06. The topological polar surface area (TPSA) is 50.9 Å². The summed E-state index contributed by atoms with van der Waals surface area (Å²) in [6.07, 6.45) is 5.72. The molecule has 3 nitrogen and oxygen atoms in total. The summed E-state index contributed by atoms with van der Waals surface area (Å²) < 4.78 is 0. The minimum atomic E-state index is 0.145. The van der Waals surface area contributed by atoms with E-state index in [0.29, 0.717) is 0 Å². The number of hydrogen-bond acceptors (Lipinski definition) is 3. The number of nitrogens with one attached hydrogen (secondary N) is 1. The minimum absolute atomic E-state index is 0.145. The SMILES string of the molecule is Cc1cncc(C(CCc2ccccc2C)NN)c1. The van der Waals surface area contributed by atoms with E-state index in [0.717, 1.165) is 24.0 Å². The third kappa shape index (κ3) is 3.63. The van der Waals surface area contributed by atoms with Gasteiger partial charge in [-0.1, -0.05) is 30.3 Å². The lowest BCUT2D eigenvalue weighted by atomic mass is 9.97. The summed E-state index contributed by atoms with van der Waals surface area (Å²) in [7, 11) is 0. The number of nitrogens with zero attached hydrogens (tertiary/aromatic N) is 1. The molecule has 3 heteroatoms. The summed E-state index contributed by atoms with van der Waals surface area (Å²) in [4.78, 5) is 4.23. The normalized spacial score (nSPS) is 12.4. The second kappa shape index (κ2) is 6.45. The van der Waals surface area contributed by atoms with Gasteiger partial charge in [0.2, 0.25) is 0 Å². The lowest BCUT2D eigenvalue weighted by molar-refractivity contribution is 0.514. The van der Waals surface area contributed by atoms with Crippen LogP contribution in [0.15, 0.2) is 42.7 Å². The van der Waals surface area contributed by atoms with E-state index in [-0.39, 0.29) is 6.04 Å². The van der Waals surface area contributed by atoms with Crippen LogP contribution in [0.25, 0.3) is 0 Å². The summed E-state index contributed by atoms with van der Waals surface area (Å²) in [5, 5.41) is 0. The van der Waals surface area contributed by atoms with E-state index in [1.165, 1.54) is 11.1 Å². The lowest BCUT2D eigenvalue weighted by Crippen LogP contribution is -2.28. The van der Waals surface area contributed by atoms with Crippen LogP contribution >= 0.6 is 0 Å². The predicted octanol–water partition coefficient (Wildman–Crippen LogP) is 2.84. The Kier molecular flexibility index (Phi) is 4.66. The number of hydrazine groups is 1. The molecular weight excluding hydrogens is 234 g/mol. The highest BCUT2D eigenvalue weighted by molar-refractivity contribution is 5.26. The molecule has 100 valence electrons. The molecule has 19 heavy (non-hydrogen) atoms. The highest BCUT2D eigenvalue weighted by Crippen LogP contribution is 2.20. The zero-order valence-electron chi connectivity index (χ0n) is 11.6. The Morgan fingerprint density at radius 1 is 1.21 bits per heavy atom. The molecule has 2 aromatic rings. The van der Waals surface area contributed by atoms with E-state index in [1.54, 1.807) is 0 Å². The third-order valence-corrected chi connectivity index (χ3v) is 3.46. The summed E-state index contributed by atoms with van der Waals surface area (Å²) in [5.74, 6) is 5.68. The average molecular weight is 255 g/mol. The van der Waals surface area contributed by atoms with Gasteiger partial charge in [0.15, 0.2) is 0 Å². The summed E-state index contributed by atoms with van der Waals surface area (Å²) in [6, 6.07) is 10.8. The molecule has 0 radical (unpaired) electrons. The molecule has 0 spiro atoms. The lowest BCUT2D eigenvalue weighted by Gasteiger charge is -2.17. The zero-order chi connectivity index (χ0) is 13.7. The number of aryl methyl sites for hydroxylation is 3. The molecule has 0 fully saturated rings. The number of rotatable bonds is 5. The smallest absolute Gasteiger partial charge is 0.0478 e. The van der Waals surface area contributed by atoms with Crippen molar-refractivity contribution in [3.63, 3.8) is 0 Å². The minimum Gasteiger partial charge on any atom is -0.271 e. The standard InChI is InChI=1S/C16H21N3/c1-12-9-15(11-18-10-12)16(19-17)8-7-14-6-4-3-5-13(14)2/h3-6,9-11,16,19H,7-8,17H2,1-2H3. The maximum Gasteiger partial charge on any atom is 0.0478 e. The Labute approximate surface area is 114 Å². The first-order chi connectivity index (χ1) is 9.20. The second-order valence-corrected chi connectivity index (χ2v) is 4.98. The summed E-state index contributed by atoms with van der Waals surface area (Å²) in [6.45, 7) is 4.19.